The lowest BCUT2D eigenvalue weighted by molar-refractivity contribution is -0.142. The maximum absolute atomic E-state index is 12.2. The second-order valence-corrected chi connectivity index (χ2v) is 5.83. The summed E-state index contributed by atoms with van der Waals surface area (Å²) in [7, 11) is 1.40. The predicted octanol–water partition coefficient (Wildman–Crippen LogP) is 1.50. The predicted molar refractivity (Wildman–Crippen MR) is 84.2 cm³/mol. The number of hydrogen-bond acceptors (Lipinski definition) is 4. The molecule has 1 heterocycles. The molecule has 120 valence electrons. The van der Waals surface area contributed by atoms with Crippen molar-refractivity contribution in [3.8, 4) is 0 Å². The number of amides is 1. The van der Waals surface area contributed by atoms with Gasteiger partial charge in [-0.3, -0.25) is 14.5 Å². The number of esters is 1. The average Bonchev–Trinajstić information content (AvgIpc) is 2.54. The van der Waals surface area contributed by atoms with Gasteiger partial charge in [-0.1, -0.05) is 29.8 Å². The molecule has 0 atom stereocenters. The number of methoxy groups -OCH3 is 1. The molecule has 22 heavy (non-hydrogen) atoms. The molecule has 1 N–H and O–H groups in total. The Balaban J connectivity index is 1.73. The van der Waals surface area contributed by atoms with E-state index < -0.39 is 0 Å². The van der Waals surface area contributed by atoms with Crippen molar-refractivity contribution in [1.29, 1.82) is 0 Å². The molecule has 2 rings (SSSR count). The Hall–Kier alpha value is -1.88. The highest BCUT2D eigenvalue weighted by Crippen LogP contribution is 2.17. The highest BCUT2D eigenvalue weighted by molar-refractivity contribution is 5.78. The average molecular weight is 304 g/mol. The Morgan fingerprint density at radius 3 is 2.45 bits per heavy atom. The Kier molecular flexibility index (Phi) is 5.95. The molecule has 1 aliphatic heterocycles. The third-order valence-electron chi connectivity index (χ3n) is 4.13. The number of ether oxygens (including phenoxy) is 1. The monoisotopic (exact) mass is 304 g/mol. The van der Waals surface area contributed by atoms with Gasteiger partial charge in [-0.2, -0.15) is 0 Å². The van der Waals surface area contributed by atoms with Crippen molar-refractivity contribution in [3.63, 3.8) is 0 Å². The number of likely N-dealkylation sites (tertiary alicyclic amines) is 1. The van der Waals surface area contributed by atoms with Gasteiger partial charge in [0.1, 0.15) is 0 Å². The van der Waals surface area contributed by atoms with Crippen molar-refractivity contribution in [1.82, 2.24) is 10.2 Å². The lowest BCUT2D eigenvalue weighted by atomic mass is 9.96. The first kappa shape index (κ1) is 16.5. The Morgan fingerprint density at radius 2 is 1.86 bits per heavy atom. The molecule has 5 heteroatoms. The van der Waals surface area contributed by atoms with Gasteiger partial charge in [0.05, 0.1) is 13.7 Å². The zero-order valence-electron chi connectivity index (χ0n) is 13.3. The van der Waals surface area contributed by atoms with Crippen molar-refractivity contribution < 1.29 is 14.3 Å². The normalized spacial score (nSPS) is 16.3. The lowest BCUT2D eigenvalue weighted by Crippen LogP contribution is -2.42. The van der Waals surface area contributed by atoms with Crippen molar-refractivity contribution in [2.24, 2.45) is 5.92 Å². The molecule has 0 saturated carbocycles. The van der Waals surface area contributed by atoms with E-state index in [0.29, 0.717) is 13.1 Å². The summed E-state index contributed by atoms with van der Waals surface area (Å²) >= 11 is 0. The van der Waals surface area contributed by atoms with Gasteiger partial charge in [0.2, 0.25) is 5.91 Å². The minimum atomic E-state index is -0.220. The van der Waals surface area contributed by atoms with Crippen molar-refractivity contribution in [2.45, 2.75) is 26.3 Å². The summed E-state index contributed by atoms with van der Waals surface area (Å²) in [6.45, 7) is 4.45. The summed E-state index contributed by atoms with van der Waals surface area (Å²) in [5.74, 6) is -0.0695. The van der Waals surface area contributed by atoms with E-state index in [1.54, 1.807) is 0 Å². The van der Waals surface area contributed by atoms with Crippen molar-refractivity contribution >= 4 is 11.9 Å². The zero-order valence-corrected chi connectivity index (χ0v) is 13.3. The van der Waals surface area contributed by atoms with Crippen LogP contribution in [0, 0.1) is 12.8 Å². The number of piperidine rings is 1. The summed E-state index contributed by atoms with van der Waals surface area (Å²) in [6.07, 6.45) is 1.58. The van der Waals surface area contributed by atoms with Crippen molar-refractivity contribution in [2.75, 3.05) is 26.7 Å². The molecule has 0 radical (unpaired) electrons. The Bertz CT molecular complexity index is 505. The van der Waals surface area contributed by atoms with E-state index in [9.17, 15) is 9.59 Å². The van der Waals surface area contributed by atoms with Gasteiger partial charge in [0.25, 0.3) is 0 Å². The van der Waals surface area contributed by atoms with Crippen LogP contribution in [0.15, 0.2) is 24.3 Å². The van der Waals surface area contributed by atoms with Crippen LogP contribution in [-0.2, 0) is 20.9 Å². The third kappa shape index (κ3) is 4.84. The Morgan fingerprint density at radius 1 is 1.23 bits per heavy atom. The minimum absolute atomic E-state index is 0.0411. The van der Waals surface area contributed by atoms with Gasteiger partial charge in [-0.05, 0) is 38.4 Å². The summed E-state index contributed by atoms with van der Waals surface area (Å²) < 4.78 is 4.66. The van der Waals surface area contributed by atoms with E-state index in [1.807, 2.05) is 36.1 Å². The van der Waals surface area contributed by atoms with Crippen LogP contribution in [-0.4, -0.2) is 43.5 Å². The molecule has 0 unspecified atom stereocenters. The minimum Gasteiger partial charge on any atom is -0.468 e. The van der Waals surface area contributed by atoms with E-state index in [2.05, 4.69) is 10.1 Å². The maximum Gasteiger partial charge on any atom is 0.319 e. The highest BCUT2D eigenvalue weighted by atomic mass is 16.5. The summed E-state index contributed by atoms with van der Waals surface area (Å²) in [5, 5.41) is 3.01. The molecular weight excluding hydrogens is 280 g/mol. The SMILES string of the molecule is COC(=O)CN1CCC(C(=O)NCc2ccc(C)cc2)CC1. The molecule has 5 nitrogen and oxygen atoms in total. The van der Waals surface area contributed by atoms with Gasteiger partial charge in [0.15, 0.2) is 0 Å². The van der Waals surface area contributed by atoms with E-state index in [0.717, 1.165) is 31.5 Å². The van der Waals surface area contributed by atoms with Gasteiger partial charge < -0.3 is 10.1 Å². The van der Waals surface area contributed by atoms with Crippen LogP contribution in [0.25, 0.3) is 0 Å². The molecule has 0 aliphatic carbocycles. The number of carbonyl (C=O) groups excluding carboxylic acids is 2. The first-order valence-electron chi connectivity index (χ1n) is 7.71. The molecule has 1 saturated heterocycles. The van der Waals surface area contributed by atoms with Crippen LogP contribution in [0.2, 0.25) is 0 Å². The summed E-state index contributed by atoms with van der Waals surface area (Å²) in [6, 6.07) is 8.17. The standard InChI is InChI=1S/C17H24N2O3/c1-13-3-5-14(6-4-13)11-18-17(21)15-7-9-19(10-8-15)12-16(20)22-2/h3-6,15H,7-12H2,1-2H3,(H,18,21). The largest absolute Gasteiger partial charge is 0.468 e. The number of benzene rings is 1. The van der Waals surface area contributed by atoms with Gasteiger partial charge >= 0.3 is 5.97 Å². The van der Waals surface area contributed by atoms with Crippen LogP contribution in [0.4, 0.5) is 0 Å². The second-order valence-electron chi connectivity index (χ2n) is 5.83. The van der Waals surface area contributed by atoms with Gasteiger partial charge in [-0.15, -0.1) is 0 Å². The van der Waals surface area contributed by atoms with Crippen LogP contribution < -0.4 is 5.32 Å². The molecule has 0 bridgehead atoms. The summed E-state index contributed by atoms with van der Waals surface area (Å²) in [4.78, 5) is 25.5. The molecule has 1 aromatic rings. The zero-order chi connectivity index (χ0) is 15.9. The first-order chi connectivity index (χ1) is 10.6. The fourth-order valence-electron chi connectivity index (χ4n) is 2.64. The molecule has 0 aromatic heterocycles. The highest BCUT2D eigenvalue weighted by Gasteiger charge is 2.25. The third-order valence-corrected chi connectivity index (χ3v) is 4.13. The topological polar surface area (TPSA) is 58.6 Å². The molecule has 1 aromatic carbocycles. The number of nitrogens with one attached hydrogen (secondary N) is 1. The van der Waals surface area contributed by atoms with Crippen LogP contribution in [0.5, 0.6) is 0 Å². The van der Waals surface area contributed by atoms with E-state index in [-0.39, 0.29) is 17.8 Å². The van der Waals surface area contributed by atoms with Crippen molar-refractivity contribution in [3.05, 3.63) is 35.4 Å². The molecule has 0 spiro atoms. The number of rotatable bonds is 5. The molecular formula is C17H24N2O3. The Labute approximate surface area is 131 Å². The smallest absolute Gasteiger partial charge is 0.319 e. The van der Waals surface area contributed by atoms with E-state index in [1.165, 1.54) is 12.7 Å². The lowest BCUT2D eigenvalue weighted by Gasteiger charge is -2.30. The number of hydrogen-bond donors (Lipinski definition) is 1. The van der Waals surface area contributed by atoms with Crippen LogP contribution in [0.3, 0.4) is 0 Å². The summed E-state index contributed by atoms with van der Waals surface area (Å²) in [5.41, 5.74) is 2.33. The van der Waals surface area contributed by atoms with Crippen LogP contribution in [0.1, 0.15) is 24.0 Å². The number of aryl methyl sites for hydroxylation is 1. The van der Waals surface area contributed by atoms with Crippen LogP contribution >= 0.6 is 0 Å². The maximum atomic E-state index is 12.2. The molecule has 1 fully saturated rings. The number of carbonyl (C=O) groups is 2. The fraction of sp³-hybridized carbons (Fsp3) is 0.529. The fourth-order valence-corrected chi connectivity index (χ4v) is 2.64. The quantitative estimate of drug-likeness (QED) is 0.838. The molecule has 1 aliphatic rings. The second kappa shape index (κ2) is 7.94. The van der Waals surface area contributed by atoms with E-state index >= 15 is 0 Å². The number of nitrogens with zero attached hydrogens (tertiary/aromatic N) is 1. The van der Waals surface area contributed by atoms with Gasteiger partial charge in [0, 0.05) is 12.5 Å². The van der Waals surface area contributed by atoms with E-state index in [4.69, 9.17) is 0 Å². The first-order valence-corrected chi connectivity index (χ1v) is 7.71. The van der Waals surface area contributed by atoms with Gasteiger partial charge in [-0.25, -0.2) is 0 Å². The molecule has 1 amide bonds.